The Balaban J connectivity index is 1.27. The van der Waals surface area contributed by atoms with Crippen LogP contribution in [0.3, 0.4) is 0 Å². The number of hydrogen-bond acceptors (Lipinski definition) is 2. The molecule has 2 aliphatic heterocycles. The second-order valence-corrected chi connectivity index (χ2v) is 31.9. The van der Waals surface area contributed by atoms with Crippen LogP contribution in [0.5, 0.6) is 0 Å². The first-order valence-electron chi connectivity index (χ1n) is 25.6. The molecule has 0 bridgehead atoms. The lowest BCUT2D eigenvalue weighted by atomic mass is 9.33. The topological polar surface area (TPSA) is 6.48 Å². The molecular weight excluding hydrogens is 824 g/mol. The fourth-order valence-corrected chi connectivity index (χ4v) is 14.2. The number of aryl methyl sites for hydroxylation is 1. The summed E-state index contributed by atoms with van der Waals surface area (Å²) in [5, 5.41) is 1.77. The van der Waals surface area contributed by atoms with Crippen molar-refractivity contribution in [3.63, 3.8) is 0 Å². The summed E-state index contributed by atoms with van der Waals surface area (Å²) in [4.78, 5) is 5.34. The average molecular weight is 901 g/mol. The molecule has 2 heterocycles. The lowest BCUT2D eigenvalue weighted by molar-refractivity contribution is 0.332. The van der Waals surface area contributed by atoms with Crippen LogP contribution in [0, 0.1) is 6.92 Å². The van der Waals surface area contributed by atoms with E-state index in [0.29, 0.717) is 0 Å². The van der Waals surface area contributed by atoms with Gasteiger partial charge in [-0.05, 0) is 169 Å². The van der Waals surface area contributed by atoms with E-state index in [9.17, 15) is 0 Å². The van der Waals surface area contributed by atoms with Gasteiger partial charge in [0, 0.05) is 34.0 Å². The molecule has 2 nitrogen and oxygen atoms in total. The Bertz CT molecular complexity index is 2990. The molecule has 0 atom stereocenters. The van der Waals surface area contributed by atoms with E-state index in [2.05, 4.69) is 236 Å². The number of nitrogens with zero attached hydrogens (tertiary/aromatic N) is 2. The van der Waals surface area contributed by atoms with E-state index < -0.39 is 8.07 Å². The third-order valence-corrected chi connectivity index (χ3v) is 23.6. The summed E-state index contributed by atoms with van der Waals surface area (Å²) in [7, 11) is -1.73. The van der Waals surface area contributed by atoms with Crippen LogP contribution in [0.2, 0.25) is 18.1 Å². The maximum absolute atomic E-state index is 2.70. The zero-order chi connectivity index (χ0) is 48.2. The van der Waals surface area contributed by atoms with Crippen molar-refractivity contribution in [2.75, 3.05) is 9.80 Å². The van der Waals surface area contributed by atoms with Gasteiger partial charge in [0.2, 0.25) is 0 Å². The first-order valence-corrected chi connectivity index (χ1v) is 28.6. The SMILES string of the molecule is Cc1cc2c3c(c1)N(c1ccc(C(C)(C)C)cc1-c1ccc([Si](C)(C)C(C)(C)C)cc1)c1ccccc1B3c1cc3c(cc1N2c1ccc2c(c1)C(C)(C)CCC2(C)C)C(C)(C)CCC3(C)C. The van der Waals surface area contributed by atoms with Crippen molar-refractivity contribution in [1.82, 2.24) is 0 Å². The third kappa shape index (κ3) is 7.15. The third-order valence-electron chi connectivity index (χ3n) is 18.1. The van der Waals surface area contributed by atoms with Gasteiger partial charge in [-0.15, -0.1) is 0 Å². The van der Waals surface area contributed by atoms with Crippen LogP contribution < -0.4 is 31.4 Å². The number of hydrogen-bond donors (Lipinski definition) is 0. The molecule has 0 unspecified atom stereocenters. The van der Waals surface area contributed by atoms with Crippen molar-refractivity contribution in [1.29, 1.82) is 0 Å². The molecule has 0 saturated heterocycles. The average Bonchev–Trinajstić information content (AvgIpc) is 3.25. The number of para-hydroxylation sites is 1. The van der Waals surface area contributed by atoms with Gasteiger partial charge in [0.25, 0.3) is 6.71 Å². The van der Waals surface area contributed by atoms with Gasteiger partial charge in [-0.2, -0.15) is 0 Å². The van der Waals surface area contributed by atoms with Gasteiger partial charge in [0.15, 0.2) is 0 Å². The quantitative estimate of drug-likeness (QED) is 0.162. The number of anilines is 6. The van der Waals surface area contributed by atoms with Gasteiger partial charge in [-0.3, -0.25) is 0 Å². The maximum Gasteiger partial charge on any atom is 0.252 e. The molecule has 0 amide bonds. The Kier molecular flexibility index (Phi) is 10.2. The van der Waals surface area contributed by atoms with Gasteiger partial charge >= 0.3 is 0 Å². The Labute approximate surface area is 406 Å². The van der Waals surface area contributed by atoms with Crippen LogP contribution in [-0.2, 0) is 27.1 Å². The predicted octanol–water partition coefficient (Wildman–Crippen LogP) is 15.5. The molecule has 67 heavy (non-hydrogen) atoms. The van der Waals surface area contributed by atoms with Crippen LogP contribution in [-0.4, -0.2) is 14.8 Å². The van der Waals surface area contributed by atoms with Crippen LogP contribution in [0.15, 0.2) is 109 Å². The number of rotatable bonds is 4. The van der Waals surface area contributed by atoms with Crippen molar-refractivity contribution in [3.05, 3.63) is 143 Å². The summed E-state index contributed by atoms with van der Waals surface area (Å²) in [6.07, 6.45) is 4.76. The van der Waals surface area contributed by atoms with E-state index >= 15 is 0 Å². The summed E-state index contributed by atoms with van der Waals surface area (Å²) >= 11 is 0. The summed E-state index contributed by atoms with van der Waals surface area (Å²) < 4.78 is 0. The van der Waals surface area contributed by atoms with Crippen molar-refractivity contribution >= 4 is 70.5 Å². The molecular formula is C63H77BN2Si. The Hall–Kier alpha value is -4.80. The zero-order valence-corrected chi connectivity index (χ0v) is 45.2. The highest BCUT2D eigenvalue weighted by atomic mass is 28.3. The number of benzene rings is 6. The lowest BCUT2D eigenvalue weighted by Crippen LogP contribution is -2.61. The fraction of sp³-hybridized carbons (Fsp3) is 0.429. The zero-order valence-electron chi connectivity index (χ0n) is 44.2. The highest BCUT2D eigenvalue weighted by molar-refractivity contribution is 7.00. The standard InChI is InChI=1S/C63H77BN2Si/c1-40-34-55-57-56(35-40)66(52-29-24-42(58(2,3)4)36-45(52)41-22-26-44(27-23-41)67(16,17)59(5,6)7)53-21-19-18-20-50(53)64(57)51-38-48-49(63(14,15)33-32-62(48,12)13)39-54(51)65(55)43-25-28-46-47(37-43)61(10,11)31-30-60(46,8)9/h18-29,34-39H,30-33H2,1-17H3. The smallest absolute Gasteiger partial charge is 0.252 e. The molecule has 0 aromatic heterocycles. The summed E-state index contributed by atoms with van der Waals surface area (Å²) in [5.74, 6) is 0. The van der Waals surface area contributed by atoms with Gasteiger partial charge in [0.05, 0.1) is 13.8 Å². The normalized spacial score (nSPS) is 18.7. The number of fused-ring (bicyclic) bond motifs is 6. The molecule has 6 aromatic carbocycles. The van der Waals surface area contributed by atoms with E-state index in [1.807, 2.05) is 0 Å². The molecule has 0 radical (unpaired) electrons. The minimum atomic E-state index is -1.73. The van der Waals surface area contributed by atoms with E-state index in [0.717, 1.165) is 0 Å². The van der Waals surface area contributed by atoms with Crippen molar-refractivity contribution < 1.29 is 0 Å². The van der Waals surface area contributed by atoms with Crippen molar-refractivity contribution in [2.45, 2.75) is 175 Å². The molecule has 0 fully saturated rings. The van der Waals surface area contributed by atoms with Crippen molar-refractivity contribution in [3.8, 4) is 11.1 Å². The molecule has 0 N–H and O–H groups in total. The van der Waals surface area contributed by atoms with Gasteiger partial charge in [0.1, 0.15) is 0 Å². The summed E-state index contributed by atoms with van der Waals surface area (Å²) in [6, 6.07) is 44.3. The Morgan fingerprint density at radius 3 is 1.64 bits per heavy atom. The predicted molar refractivity (Wildman–Crippen MR) is 297 cm³/mol. The molecule has 6 aromatic rings. The maximum atomic E-state index is 2.70. The van der Waals surface area contributed by atoms with E-state index in [4.69, 9.17) is 0 Å². The Morgan fingerprint density at radius 2 is 1.04 bits per heavy atom. The van der Waals surface area contributed by atoms with Crippen LogP contribution in [0.1, 0.15) is 156 Å². The first-order chi connectivity index (χ1) is 31.1. The molecule has 0 spiro atoms. The monoisotopic (exact) mass is 901 g/mol. The minimum absolute atomic E-state index is 0.00783. The second-order valence-electron chi connectivity index (χ2n) is 26.5. The minimum Gasteiger partial charge on any atom is -0.311 e. The molecule has 10 rings (SSSR count). The molecule has 4 heteroatoms. The van der Waals surface area contributed by atoms with Crippen LogP contribution >= 0.6 is 0 Å². The molecule has 4 aliphatic rings. The summed E-state index contributed by atoms with van der Waals surface area (Å²) in [5.41, 5.74) is 23.5. The highest BCUT2D eigenvalue weighted by Gasteiger charge is 2.47. The second kappa shape index (κ2) is 14.9. The van der Waals surface area contributed by atoms with E-state index in [1.54, 1.807) is 0 Å². The fourth-order valence-electron chi connectivity index (χ4n) is 12.3. The Morgan fingerprint density at radius 1 is 0.493 bits per heavy atom. The highest BCUT2D eigenvalue weighted by Crippen LogP contribution is 2.53. The van der Waals surface area contributed by atoms with E-state index in [-0.39, 0.29) is 38.8 Å². The first kappa shape index (κ1) is 46.0. The largest absolute Gasteiger partial charge is 0.311 e. The summed E-state index contributed by atoms with van der Waals surface area (Å²) in [6.45, 7) is 41.5. The van der Waals surface area contributed by atoms with E-state index in [1.165, 1.54) is 126 Å². The molecule has 346 valence electrons. The van der Waals surface area contributed by atoms with Gasteiger partial charge in [-0.1, -0.05) is 176 Å². The lowest BCUT2D eigenvalue weighted by Gasteiger charge is -2.48. The van der Waals surface area contributed by atoms with Gasteiger partial charge in [-0.25, -0.2) is 0 Å². The van der Waals surface area contributed by atoms with Crippen LogP contribution in [0.4, 0.5) is 34.1 Å². The van der Waals surface area contributed by atoms with Gasteiger partial charge < -0.3 is 9.80 Å². The molecule has 0 saturated carbocycles. The van der Waals surface area contributed by atoms with Crippen molar-refractivity contribution in [2.24, 2.45) is 0 Å². The van der Waals surface area contributed by atoms with Crippen LogP contribution in [0.25, 0.3) is 11.1 Å². The molecule has 2 aliphatic carbocycles.